The number of amides is 1. The van der Waals surface area contributed by atoms with Gasteiger partial charge in [-0.3, -0.25) is 4.79 Å². The van der Waals surface area contributed by atoms with Gasteiger partial charge < -0.3 is 10.2 Å². The van der Waals surface area contributed by atoms with E-state index in [4.69, 9.17) is 0 Å². The van der Waals surface area contributed by atoms with Gasteiger partial charge in [-0.1, -0.05) is 0 Å². The van der Waals surface area contributed by atoms with Crippen LogP contribution >= 0.6 is 11.3 Å². The van der Waals surface area contributed by atoms with Crippen LogP contribution in [-0.4, -0.2) is 50.9 Å². The second-order valence-electron chi connectivity index (χ2n) is 5.08. The minimum atomic E-state index is 0.0375. The van der Waals surface area contributed by atoms with Crippen molar-refractivity contribution in [2.24, 2.45) is 0 Å². The molecule has 2 aromatic heterocycles. The first kappa shape index (κ1) is 14.1. The Morgan fingerprint density at radius 3 is 2.86 bits per heavy atom. The third kappa shape index (κ3) is 2.79. The molecule has 1 saturated heterocycles. The second kappa shape index (κ2) is 5.87. The van der Waals surface area contributed by atoms with E-state index in [1.54, 1.807) is 24.7 Å². The van der Waals surface area contributed by atoms with E-state index in [1.807, 2.05) is 4.90 Å². The topological polar surface area (TPSA) is 71.0 Å². The Morgan fingerprint density at radius 1 is 1.33 bits per heavy atom. The molecular formula is C14H17N5OS. The lowest BCUT2D eigenvalue weighted by molar-refractivity contribution is 0.0607. The number of nitrogens with one attached hydrogen (secondary N) is 1. The average Bonchev–Trinajstić information content (AvgIpc) is 3.00. The molecule has 2 atom stereocenters. The van der Waals surface area contributed by atoms with E-state index in [1.165, 1.54) is 11.3 Å². The molecule has 21 heavy (non-hydrogen) atoms. The summed E-state index contributed by atoms with van der Waals surface area (Å²) < 4.78 is 0. The molecular weight excluding hydrogens is 286 g/mol. The smallest absolute Gasteiger partial charge is 0.265 e. The van der Waals surface area contributed by atoms with Crippen molar-refractivity contribution in [2.45, 2.75) is 25.9 Å². The summed E-state index contributed by atoms with van der Waals surface area (Å²) in [6.07, 6.45) is 4.97. The fraction of sp³-hybridized carbons (Fsp3) is 0.429. The summed E-state index contributed by atoms with van der Waals surface area (Å²) in [5, 5.41) is 4.05. The van der Waals surface area contributed by atoms with Crippen LogP contribution in [0.5, 0.6) is 0 Å². The number of rotatable bonds is 2. The van der Waals surface area contributed by atoms with Gasteiger partial charge in [-0.15, -0.1) is 11.3 Å². The maximum absolute atomic E-state index is 12.6. The van der Waals surface area contributed by atoms with E-state index < -0.39 is 0 Å². The van der Waals surface area contributed by atoms with Gasteiger partial charge in [0.1, 0.15) is 4.88 Å². The van der Waals surface area contributed by atoms with Crippen LogP contribution in [0.4, 0.5) is 0 Å². The normalized spacial score (nSPS) is 22.3. The SMILES string of the molecule is CC1NCCN(C(=O)c2cnc(-c3ncccn3)s2)C1C. The van der Waals surface area contributed by atoms with Crippen molar-refractivity contribution in [3.8, 4) is 10.8 Å². The highest BCUT2D eigenvalue weighted by molar-refractivity contribution is 7.16. The molecule has 2 aromatic rings. The molecule has 1 amide bonds. The largest absolute Gasteiger partial charge is 0.332 e. The molecule has 6 nitrogen and oxygen atoms in total. The van der Waals surface area contributed by atoms with Gasteiger partial charge in [-0.2, -0.15) is 0 Å². The summed E-state index contributed by atoms with van der Waals surface area (Å²) in [6.45, 7) is 5.71. The van der Waals surface area contributed by atoms with Gasteiger partial charge in [0.05, 0.1) is 6.20 Å². The molecule has 1 aliphatic heterocycles. The molecule has 0 saturated carbocycles. The number of carbonyl (C=O) groups is 1. The van der Waals surface area contributed by atoms with Crippen LogP contribution in [0.25, 0.3) is 10.8 Å². The van der Waals surface area contributed by atoms with Crippen molar-refractivity contribution < 1.29 is 4.79 Å². The third-order valence-corrected chi connectivity index (χ3v) is 4.75. The Kier molecular flexibility index (Phi) is 3.94. The molecule has 0 aliphatic carbocycles. The number of aromatic nitrogens is 3. The standard InChI is InChI=1S/C14H17N5OS/c1-9-10(2)19(7-6-15-9)14(20)11-8-18-13(21-11)12-16-4-3-5-17-12/h3-5,8-10,15H,6-7H2,1-2H3. The van der Waals surface area contributed by atoms with Gasteiger partial charge in [0.15, 0.2) is 10.8 Å². The van der Waals surface area contributed by atoms with E-state index >= 15 is 0 Å². The van der Waals surface area contributed by atoms with Crippen LogP contribution in [0.15, 0.2) is 24.7 Å². The number of nitrogens with zero attached hydrogens (tertiary/aromatic N) is 4. The fourth-order valence-corrected chi connectivity index (χ4v) is 3.19. The molecule has 1 aliphatic rings. The summed E-state index contributed by atoms with van der Waals surface area (Å²) in [7, 11) is 0. The van der Waals surface area contributed by atoms with Crippen LogP contribution in [0.3, 0.4) is 0 Å². The predicted octanol–water partition coefficient (Wildman–Crippen LogP) is 1.42. The van der Waals surface area contributed by atoms with Crippen LogP contribution in [0.2, 0.25) is 0 Å². The van der Waals surface area contributed by atoms with Gasteiger partial charge in [0.2, 0.25) is 0 Å². The van der Waals surface area contributed by atoms with Crippen molar-refractivity contribution in [1.82, 2.24) is 25.2 Å². The molecule has 2 unspecified atom stereocenters. The first-order chi connectivity index (χ1) is 10.2. The molecule has 1 fully saturated rings. The van der Waals surface area contributed by atoms with Crippen LogP contribution in [0, 0.1) is 0 Å². The average molecular weight is 303 g/mol. The van der Waals surface area contributed by atoms with E-state index in [0.29, 0.717) is 21.8 Å². The molecule has 0 bridgehead atoms. The minimum Gasteiger partial charge on any atom is -0.332 e. The lowest BCUT2D eigenvalue weighted by Gasteiger charge is -2.38. The number of carbonyl (C=O) groups excluding carboxylic acids is 1. The zero-order valence-corrected chi connectivity index (χ0v) is 12.8. The molecule has 0 radical (unpaired) electrons. The molecule has 0 aromatic carbocycles. The minimum absolute atomic E-state index is 0.0375. The molecule has 3 rings (SSSR count). The summed E-state index contributed by atoms with van der Waals surface area (Å²) in [5.41, 5.74) is 0. The molecule has 3 heterocycles. The Morgan fingerprint density at radius 2 is 2.10 bits per heavy atom. The van der Waals surface area contributed by atoms with Gasteiger partial charge in [0, 0.05) is 37.6 Å². The van der Waals surface area contributed by atoms with E-state index in [0.717, 1.165) is 13.1 Å². The van der Waals surface area contributed by atoms with E-state index in [-0.39, 0.29) is 11.9 Å². The first-order valence-electron chi connectivity index (χ1n) is 6.94. The molecule has 1 N–H and O–H groups in total. The lowest BCUT2D eigenvalue weighted by Crippen LogP contribution is -2.57. The van der Waals surface area contributed by atoms with Crippen molar-refractivity contribution >= 4 is 17.2 Å². The maximum Gasteiger partial charge on any atom is 0.265 e. The number of thiazole rings is 1. The van der Waals surface area contributed by atoms with Gasteiger partial charge in [-0.05, 0) is 19.9 Å². The summed E-state index contributed by atoms with van der Waals surface area (Å²) >= 11 is 1.34. The lowest BCUT2D eigenvalue weighted by atomic mass is 10.1. The zero-order chi connectivity index (χ0) is 14.8. The quantitative estimate of drug-likeness (QED) is 0.908. The monoisotopic (exact) mass is 303 g/mol. The van der Waals surface area contributed by atoms with E-state index in [2.05, 4.69) is 34.1 Å². The Balaban J connectivity index is 1.81. The van der Waals surface area contributed by atoms with Gasteiger partial charge in [0.25, 0.3) is 5.91 Å². The van der Waals surface area contributed by atoms with Crippen LogP contribution in [-0.2, 0) is 0 Å². The van der Waals surface area contributed by atoms with Crippen LogP contribution in [0.1, 0.15) is 23.5 Å². The molecule has 0 spiro atoms. The highest BCUT2D eigenvalue weighted by Gasteiger charge is 2.29. The fourth-order valence-electron chi connectivity index (χ4n) is 2.37. The maximum atomic E-state index is 12.6. The highest BCUT2D eigenvalue weighted by Crippen LogP contribution is 2.24. The Bertz CT molecular complexity index is 629. The number of piperazine rings is 1. The number of hydrogen-bond donors (Lipinski definition) is 1. The first-order valence-corrected chi connectivity index (χ1v) is 7.76. The van der Waals surface area contributed by atoms with Crippen molar-refractivity contribution in [3.05, 3.63) is 29.5 Å². The number of hydrogen-bond acceptors (Lipinski definition) is 6. The van der Waals surface area contributed by atoms with E-state index in [9.17, 15) is 4.79 Å². The van der Waals surface area contributed by atoms with Crippen molar-refractivity contribution in [2.75, 3.05) is 13.1 Å². The third-order valence-electron chi connectivity index (χ3n) is 3.77. The highest BCUT2D eigenvalue weighted by atomic mass is 32.1. The second-order valence-corrected chi connectivity index (χ2v) is 6.11. The van der Waals surface area contributed by atoms with Crippen molar-refractivity contribution in [3.63, 3.8) is 0 Å². The Labute approximate surface area is 127 Å². The molecule has 110 valence electrons. The van der Waals surface area contributed by atoms with Gasteiger partial charge >= 0.3 is 0 Å². The Hall–Kier alpha value is -1.86. The summed E-state index contributed by atoms with van der Waals surface area (Å²) in [4.78, 5) is 27.8. The predicted molar refractivity (Wildman–Crippen MR) is 81.1 cm³/mol. The van der Waals surface area contributed by atoms with Gasteiger partial charge in [-0.25, -0.2) is 15.0 Å². The summed E-state index contributed by atoms with van der Waals surface area (Å²) in [5.74, 6) is 0.596. The summed E-state index contributed by atoms with van der Waals surface area (Å²) in [6, 6.07) is 2.23. The van der Waals surface area contributed by atoms with Crippen molar-refractivity contribution in [1.29, 1.82) is 0 Å². The zero-order valence-electron chi connectivity index (χ0n) is 12.0. The molecule has 7 heteroatoms. The van der Waals surface area contributed by atoms with Crippen LogP contribution < -0.4 is 5.32 Å².